The van der Waals surface area contributed by atoms with Crippen molar-refractivity contribution in [3.63, 3.8) is 0 Å². The van der Waals surface area contributed by atoms with Crippen molar-refractivity contribution in [1.29, 1.82) is 0 Å². The number of ether oxygens (including phenoxy) is 1. The minimum absolute atomic E-state index is 0.0454. The van der Waals surface area contributed by atoms with Crippen LogP contribution >= 0.6 is 0 Å². The Balaban J connectivity index is 1.27. The normalized spacial score (nSPS) is 20.1. The van der Waals surface area contributed by atoms with Crippen LogP contribution in [-0.4, -0.2) is 41.7 Å². The van der Waals surface area contributed by atoms with Gasteiger partial charge in [-0.3, -0.25) is 14.4 Å². The van der Waals surface area contributed by atoms with E-state index in [4.69, 9.17) is 13.6 Å². The van der Waals surface area contributed by atoms with Gasteiger partial charge in [0.15, 0.2) is 6.61 Å². The Morgan fingerprint density at radius 1 is 1.06 bits per heavy atom. The van der Waals surface area contributed by atoms with Gasteiger partial charge in [-0.05, 0) is 67.3 Å². The number of esters is 1. The van der Waals surface area contributed by atoms with Gasteiger partial charge in [0.1, 0.15) is 24.1 Å². The van der Waals surface area contributed by atoms with E-state index in [1.54, 1.807) is 48.9 Å². The molecule has 9 nitrogen and oxygen atoms in total. The molecule has 184 valence electrons. The van der Waals surface area contributed by atoms with E-state index < -0.39 is 30.4 Å². The summed E-state index contributed by atoms with van der Waals surface area (Å²) in [6, 6.07) is 15.4. The van der Waals surface area contributed by atoms with Crippen LogP contribution < -0.4 is 5.32 Å². The fraction of sp³-hybridized carbons (Fsp3) is 0.259. The number of hydrogen-bond donors (Lipinski definition) is 1. The number of allylic oxidation sites excluding steroid dienone is 1. The van der Waals surface area contributed by atoms with Crippen LogP contribution in [0.5, 0.6) is 0 Å². The van der Waals surface area contributed by atoms with Crippen molar-refractivity contribution in [2.24, 2.45) is 11.0 Å². The molecule has 9 heteroatoms. The van der Waals surface area contributed by atoms with Crippen LogP contribution in [0.2, 0.25) is 0 Å². The minimum atomic E-state index is -0.718. The molecule has 1 N–H and O–H groups in total. The van der Waals surface area contributed by atoms with Gasteiger partial charge >= 0.3 is 5.97 Å². The van der Waals surface area contributed by atoms with Crippen molar-refractivity contribution in [2.45, 2.75) is 25.3 Å². The lowest BCUT2D eigenvalue weighted by atomic mass is 9.79. The Labute approximate surface area is 207 Å². The van der Waals surface area contributed by atoms with Gasteiger partial charge in [0, 0.05) is 11.5 Å². The van der Waals surface area contributed by atoms with E-state index in [0.717, 1.165) is 36.3 Å². The highest BCUT2D eigenvalue weighted by atomic mass is 16.5. The Hall–Kier alpha value is -4.40. The second-order valence-corrected chi connectivity index (χ2v) is 8.58. The van der Waals surface area contributed by atoms with E-state index in [9.17, 15) is 14.4 Å². The monoisotopic (exact) mass is 487 g/mol. The van der Waals surface area contributed by atoms with Gasteiger partial charge in [-0.2, -0.15) is 5.10 Å². The molecule has 1 aliphatic carbocycles. The quantitative estimate of drug-likeness (QED) is 0.505. The van der Waals surface area contributed by atoms with E-state index in [-0.39, 0.29) is 12.5 Å². The van der Waals surface area contributed by atoms with Crippen LogP contribution in [0.15, 0.2) is 86.6 Å². The van der Waals surface area contributed by atoms with Gasteiger partial charge < -0.3 is 18.9 Å². The van der Waals surface area contributed by atoms with Gasteiger partial charge in [-0.25, -0.2) is 5.01 Å². The molecule has 0 bridgehead atoms. The molecule has 3 heterocycles. The third-order valence-electron chi connectivity index (χ3n) is 6.24. The van der Waals surface area contributed by atoms with Crippen LogP contribution in [0, 0.1) is 5.92 Å². The number of carbonyl (C=O) groups excluding carboxylic acids is 3. The zero-order valence-electron chi connectivity index (χ0n) is 19.5. The maximum absolute atomic E-state index is 13.2. The topological polar surface area (TPSA) is 114 Å². The van der Waals surface area contributed by atoms with Crippen molar-refractivity contribution in [2.75, 3.05) is 13.2 Å². The van der Waals surface area contributed by atoms with E-state index >= 15 is 0 Å². The minimum Gasteiger partial charge on any atom is -0.467 e. The summed E-state index contributed by atoms with van der Waals surface area (Å²) in [7, 11) is 0. The third-order valence-corrected chi connectivity index (χ3v) is 6.24. The van der Waals surface area contributed by atoms with E-state index in [2.05, 4.69) is 10.4 Å². The van der Waals surface area contributed by atoms with Crippen LogP contribution in [0.3, 0.4) is 0 Å². The van der Waals surface area contributed by atoms with Crippen LogP contribution in [-0.2, 0) is 14.3 Å². The van der Waals surface area contributed by atoms with E-state index in [1.807, 2.05) is 24.3 Å². The Morgan fingerprint density at radius 2 is 1.86 bits per heavy atom. The zero-order valence-corrected chi connectivity index (χ0v) is 19.5. The van der Waals surface area contributed by atoms with Crippen molar-refractivity contribution < 1.29 is 28.0 Å². The summed E-state index contributed by atoms with van der Waals surface area (Å²) in [6.45, 7) is -0.853. The van der Waals surface area contributed by atoms with Crippen molar-refractivity contribution in [3.05, 3.63) is 89.8 Å². The molecule has 0 radical (unpaired) electrons. The van der Waals surface area contributed by atoms with E-state index in [0.29, 0.717) is 11.3 Å². The standard InChI is InChI=1S/C27H25N3O6/c31-23(17-36-24(32)16-28-27(33)18-7-2-1-3-8-18)30-26(22-12-6-14-35-22)21-11-4-9-19(25(21)29-30)15-20-10-5-13-34-20/h1-3,5-8,10,12-15,21,26H,4,9,11,16-17H2,(H,28,33)/b19-15+. The van der Waals surface area contributed by atoms with Crippen molar-refractivity contribution >= 4 is 29.6 Å². The van der Waals surface area contributed by atoms with Gasteiger partial charge in [-0.15, -0.1) is 0 Å². The average Bonchev–Trinajstić information content (AvgIpc) is 3.67. The van der Waals surface area contributed by atoms with Gasteiger partial charge in [0.25, 0.3) is 11.8 Å². The number of nitrogens with zero attached hydrogens (tertiary/aromatic N) is 2. The maximum Gasteiger partial charge on any atom is 0.325 e. The molecule has 2 aliphatic rings. The average molecular weight is 488 g/mol. The molecule has 3 aromatic rings. The predicted octanol–water partition coefficient (Wildman–Crippen LogP) is 3.97. The molecule has 1 fully saturated rings. The molecule has 0 saturated heterocycles. The molecule has 2 aromatic heterocycles. The third kappa shape index (κ3) is 5.00. The number of hydrogen-bond acceptors (Lipinski definition) is 7. The number of furan rings is 2. The first-order valence-corrected chi connectivity index (χ1v) is 11.8. The highest BCUT2D eigenvalue weighted by molar-refractivity contribution is 6.08. The maximum atomic E-state index is 13.2. The lowest BCUT2D eigenvalue weighted by Crippen LogP contribution is -2.36. The molecule has 0 spiro atoms. The molecule has 1 aromatic carbocycles. The first kappa shape index (κ1) is 23.3. The lowest BCUT2D eigenvalue weighted by Gasteiger charge is -2.27. The molecule has 1 saturated carbocycles. The molecule has 2 atom stereocenters. The molecular formula is C27H25N3O6. The molecule has 2 unspecified atom stereocenters. The summed E-state index contributed by atoms with van der Waals surface area (Å²) in [5, 5.41) is 8.52. The number of fused-ring (bicyclic) bond motifs is 1. The second kappa shape index (κ2) is 10.5. The number of hydrazone groups is 1. The molecular weight excluding hydrogens is 462 g/mol. The summed E-state index contributed by atoms with van der Waals surface area (Å²) in [5.41, 5.74) is 2.25. The van der Waals surface area contributed by atoms with Gasteiger partial charge in [0.05, 0.1) is 18.2 Å². The largest absolute Gasteiger partial charge is 0.467 e. The summed E-state index contributed by atoms with van der Waals surface area (Å²) < 4.78 is 16.3. The van der Waals surface area contributed by atoms with Gasteiger partial charge in [0.2, 0.25) is 0 Å². The van der Waals surface area contributed by atoms with Gasteiger partial charge in [-0.1, -0.05) is 18.2 Å². The Kier molecular flexibility index (Phi) is 6.79. The lowest BCUT2D eigenvalue weighted by molar-refractivity contribution is -0.152. The fourth-order valence-electron chi connectivity index (χ4n) is 4.59. The van der Waals surface area contributed by atoms with Crippen LogP contribution in [0.1, 0.15) is 47.2 Å². The fourth-order valence-corrected chi connectivity index (χ4v) is 4.59. The Morgan fingerprint density at radius 3 is 2.61 bits per heavy atom. The predicted molar refractivity (Wildman–Crippen MR) is 129 cm³/mol. The van der Waals surface area contributed by atoms with Crippen LogP contribution in [0.4, 0.5) is 0 Å². The summed E-state index contributed by atoms with van der Waals surface area (Å²) >= 11 is 0. The van der Waals surface area contributed by atoms with Crippen molar-refractivity contribution in [1.82, 2.24) is 10.3 Å². The first-order chi connectivity index (χ1) is 17.6. The summed E-state index contributed by atoms with van der Waals surface area (Å²) in [5.74, 6) is -0.297. The number of nitrogens with one attached hydrogen (secondary N) is 1. The van der Waals surface area contributed by atoms with Crippen molar-refractivity contribution in [3.8, 4) is 0 Å². The zero-order chi connectivity index (χ0) is 24.9. The highest BCUT2D eigenvalue weighted by Crippen LogP contribution is 2.44. The number of amides is 2. The first-order valence-electron chi connectivity index (χ1n) is 11.8. The van der Waals surface area contributed by atoms with E-state index in [1.165, 1.54) is 5.01 Å². The number of rotatable bonds is 7. The van der Waals surface area contributed by atoms with Crippen LogP contribution in [0.25, 0.3) is 6.08 Å². The smallest absolute Gasteiger partial charge is 0.325 e. The summed E-state index contributed by atoms with van der Waals surface area (Å²) in [4.78, 5) is 37.5. The number of carbonyl (C=O) groups is 3. The number of benzene rings is 1. The second-order valence-electron chi connectivity index (χ2n) is 8.58. The molecule has 36 heavy (non-hydrogen) atoms. The highest BCUT2D eigenvalue weighted by Gasteiger charge is 2.45. The molecule has 1 aliphatic heterocycles. The molecule has 5 rings (SSSR count). The summed E-state index contributed by atoms with van der Waals surface area (Å²) in [6.07, 6.45) is 7.72. The Bertz CT molecular complexity index is 1280. The molecule has 2 amide bonds. The SMILES string of the molecule is O=C(CNC(=O)c1ccccc1)OCC(=O)N1N=C2/C(=C/c3ccco3)CCCC2C1c1ccco1.